The Labute approximate surface area is 162 Å². The molecule has 2 amide bonds. The van der Waals surface area contributed by atoms with Crippen molar-refractivity contribution in [3.05, 3.63) is 28.2 Å². The summed E-state index contributed by atoms with van der Waals surface area (Å²) in [5.41, 5.74) is 0.521. The van der Waals surface area contributed by atoms with Gasteiger partial charge in [0, 0.05) is 18.1 Å². The van der Waals surface area contributed by atoms with Crippen LogP contribution in [0.1, 0.15) is 19.8 Å². The SMILES string of the molecule is CCCOC(=O)CC1C(=O)NCCN1C(=O)CNc1cc(Cl)ccc1Cl. The number of benzene rings is 1. The Bertz CT molecular complexity index is 684. The molecule has 1 fully saturated rings. The van der Waals surface area contributed by atoms with Gasteiger partial charge in [-0.2, -0.15) is 0 Å². The molecular formula is C17H21Cl2N3O4. The molecule has 2 N–H and O–H groups in total. The van der Waals surface area contributed by atoms with Crippen LogP contribution in [0.3, 0.4) is 0 Å². The van der Waals surface area contributed by atoms with Crippen molar-refractivity contribution in [1.29, 1.82) is 0 Å². The molecule has 1 unspecified atom stereocenters. The number of esters is 1. The average Bonchev–Trinajstić information content (AvgIpc) is 2.62. The lowest BCUT2D eigenvalue weighted by molar-refractivity contribution is -0.151. The highest BCUT2D eigenvalue weighted by Gasteiger charge is 2.34. The quantitative estimate of drug-likeness (QED) is 0.682. The summed E-state index contributed by atoms with van der Waals surface area (Å²) >= 11 is 12.0. The van der Waals surface area contributed by atoms with E-state index >= 15 is 0 Å². The fraction of sp³-hybridized carbons (Fsp3) is 0.471. The highest BCUT2D eigenvalue weighted by Crippen LogP contribution is 2.25. The molecule has 0 spiro atoms. The summed E-state index contributed by atoms with van der Waals surface area (Å²) in [5.74, 6) is -1.18. The molecule has 1 saturated heterocycles. The summed E-state index contributed by atoms with van der Waals surface area (Å²) in [6, 6.07) is 4.00. The molecule has 0 aliphatic carbocycles. The van der Waals surface area contributed by atoms with E-state index in [0.29, 0.717) is 35.2 Å². The number of anilines is 1. The lowest BCUT2D eigenvalue weighted by Crippen LogP contribution is -2.58. The predicted molar refractivity (Wildman–Crippen MR) is 99.3 cm³/mol. The van der Waals surface area contributed by atoms with Gasteiger partial charge in [0.25, 0.3) is 0 Å². The second-order valence-electron chi connectivity index (χ2n) is 5.80. The van der Waals surface area contributed by atoms with Gasteiger partial charge in [-0.15, -0.1) is 0 Å². The average molecular weight is 402 g/mol. The monoisotopic (exact) mass is 401 g/mol. The Morgan fingerprint density at radius 2 is 2.15 bits per heavy atom. The second-order valence-corrected chi connectivity index (χ2v) is 6.64. The number of piperazine rings is 1. The molecule has 0 bridgehead atoms. The highest BCUT2D eigenvalue weighted by molar-refractivity contribution is 6.35. The van der Waals surface area contributed by atoms with Crippen molar-refractivity contribution in [3.8, 4) is 0 Å². The first-order chi connectivity index (χ1) is 12.4. The number of rotatable bonds is 7. The van der Waals surface area contributed by atoms with Gasteiger partial charge < -0.3 is 20.3 Å². The van der Waals surface area contributed by atoms with Crippen LogP contribution in [0.15, 0.2) is 18.2 Å². The Balaban J connectivity index is 2.00. The van der Waals surface area contributed by atoms with Crippen LogP contribution in [0.25, 0.3) is 0 Å². The van der Waals surface area contributed by atoms with Crippen LogP contribution in [-0.2, 0) is 19.1 Å². The standard InChI is InChI=1S/C17H21Cl2N3O4/c1-2-7-26-16(24)9-14-17(25)20-5-6-22(14)15(23)10-21-13-8-11(18)3-4-12(13)19/h3-4,8,14,21H,2,5-7,9-10H2,1H3,(H,20,25). The Hall–Kier alpha value is -1.99. The number of nitrogens with one attached hydrogen (secondary N) is 2. The van der Waals surface area contributed by atoms with Gasteiger partial charge in [-0.05, 0) is 24.6 Å². The molecule has 1 aromatic rings. The molecule has 0 aromatic heterocycles. The van der Waals surface area contributed by atoms with Crippen molar-refractivity contribution in [3.63, 3.8) is 0 Å². The van der Waals surface area contributed by atoms with Crippen LogP contribution in [-0.4, -0.2) is 55.0 Å². The lowest BCUT2D eigenvalue weighted by atomic mass is 10.1. The van der Waals surface area contributed by atoms with Crippen LogP contribution in [0.2, 0.25) is 10.0 Å². The number of carbonyl (C=O) groups excluding carboxylic acids is 3. The molecule has 9 heteroatoms. The van der Waals surface area contributed by atoms with Crippen LogP contribution < -0.4 is 10.6 Å². The predicted octanol–water partition coefficient (Wildman–Crippen LogP) is 2.08. The summed E-state index contributed by atoms with van der Waals surface area (Å²) < 4.78 is 5.02. The maximum atomic E-state index is 12.6. The maximum Gasteiger partial charge on any atom is 0.308 e. The summed E-state index contributed by atoms with van der Waals surface area (Å²) in [7, 11) is 0. The Morgan fingerprint density at radius 3 is 2.88 bits per heavy atom. The second kappa shape index (κ2) is 9.64. The van der Waals surface area contributed by atoms with Gasteiger partial charge in [0.2, 0.25) is 11.8 Å². The summed E-state index contributed by atoms with van der Waals surface area (Å²) in [6.07, 6.45) is 0.519. The van der Waals surface area contributed by atoms with E-state index in [-0.39, 0.29) is 31.4 Å². The largest absolute Gasteiger partial charge is 0.466 e. The van der Waals surface area contributed by atoms with Crippen molar-refractivity contribution in [1.82, 2.24) is 10.2 Å². The minimum absolute atomic E-state index is 0.0755. The molecule has 1 aromatic carbocycles. The zero-order chi connectivity index (χ0) is 19.1. The number of nitrogens with zero attached hydrogens (tertiary/aromatic N) is 1. The molecule has 7 nitrogen and oxygen atoms in total. The molecule has 1 aliphatic rings. The smallest absolute Gasteiger partial charge is 0.308 e. The van der Waals surface area contributed by atoms with E-state index in [4.69, 9.17) is 27.9 Å². The van der Waals surface area contributed by atoms with Crippen LogP contribution >= 0.6 is 23.2 Å². The van der Waals surface area contributed by atoms with E-state index in [0.717, 1.165) is 0 Å². The normalized spacial score (nSPS) is 16.8. The van der Waals surface area contributed by atoms with Crippen LogP contribution in [0, 0.1) is 0 Å². The third-order valence-electron chi connectivity index (χ3n) is 3.84. The lowest BCUT2D eigenvalue weighted by Gasteiger charge is -2.34. The van der Waals surface area contributed by atoms with Gasteiger partial charge in [-0.25, -0.2) is 0 Å². The minimum Gasteiger partial charge on any atom is -0.466 e. The van der Waals surface area contributed by atoms with E-state index in [1.807, 2.05) is 6.92 Å². The molecule has 0 saturated carbocycles. The van der Waals surface area contributed by atoms with Crippen molar-refractivity contribution in [2.45, 2.75) is 25.8 Å². The van der Waals surface area contributed by atoms with E-state index < -0.39 is 12.0 Å². The van der Waals surface area contributed by atoms with Crippen LogP contribution in [0.5, 0.6) is 0 Å². The number of amides is 2. The minimum atomic E-state index is -0.878. The van der Waals surface area contributed by atoms with E-state index in [1.165, 1.54) is 4.90 Å². The van der Waals surface area contributed by atoms with E-state index in [1.54, 1.807) is 18.2 Å². The molecule has 26 heavy (non-hydrogen) atoms. The molecule has 2 rings (SSSR count). The third-order valence-corrected chi connectivity index (χ3v) is 4.40. The Morgan fingerprint density at radius 1 is 1.38 bits per heavy atom. The summed E-state index contributed by atoms with van der Waals surface area (Å²) in [6.45, 7) is 2.75. The van der Waals surface area contributed by atoms with Gasteiger partial charge in [0.05, 0.1) is 30.3 Å². The molecule has 1 atom stereocenters. The Kier molecular flexibility index (Phi) is 7.53. The first kappa shape index (κ1) is 20.3. The van der Waals surface area contributed by atoms with Crippen molar-refractivity contribution >= 4 is 46.7 Å². The van der Waals surface area contributed by atoms with E-state index in [9.17, 15) is 14.4 Å². The van der Waals surface area contributed by atoms with Crippen molar-refractivity contribution in [2.75, 3.05) is 31.6 Å². The first-order valence-electron chi connectivity index (χ1n) is 8.34. The third kappa shape index (κ3) is 5.51. The van der Waals surface area contributed by atoms with Gasteiger partial charge >= 0.3 is 5.97 Å². The van der Waals surface area contributed by atoms with Gasteiger partial charge in [-0.1, -0.05) is 30.1 Å². The zero-order valence-electron chi connectivity index (χ0n) is 14.4. The maximum absolute atomic E-state index is 12.6. The number of hydrogen-bond acceptors (Lipinski definition) is 5. The fourth-order valence-electron chi connectivity index (χ4n) is 2.55. The zero-order valence-corrected chi connectivity index (χ0v) is 15.9. The molecular weight excluding hydrogens is 381 g/mol. The van der Waals surface area contributed by atoms with Gasteiger partial charge in [0.15, 0.2) is 0 Å². The fourth-order valence-corrected chi connectivity index (χ4v) is 2.91. The molecule has 1 heterocycles. The molecule has 1 aliphatic heterocycles. The highest BCUT2D eigenvalue weighted by atomic mass is 35.5. The number of hydrogen-bond donors (Lipinski definition) is 2. The molecule has 0 radical (unpaired) electrons. The topological polar surface area (TPSA) is 87.7 Å². The van der Waals surface area contributed by atoms with Crippen molar-refractivity contribution in [2.24, 2.45) is 0 Å². The number of ether oxygens (including phenoxy) is 1. The first-order valence-corrected chi connectivity index (χ1v) is 9.09. The number of halogens is 2. The molecule has 142 valence electrons. The van der Waals surface area contributed by atoms with Gasteiger partial charge in [-0.3, -0.25) is 14.4 Å². The van der Waals surface area contributed by atoms with Crippen LogP contribution in [0.4, 0.5) is 5.69 Å². The number of carbonyl (C=O) groups is 3. The summed E-state index contributed by atoms with van der Waals surface area (Å²) in [5, 5.41) is 6.50. The summed E-state index contributed by atoms with van der Waals surface area (Å²) in [4.78, 5) is 37.9. The van der Waals surface area contributed by atoms with Gasteiger partial charge in [0.1, 0.15) is 6.04 Å². The van der Waals surface area contributed by atoms with E-state index in [2.05, 4.69) is 10.6 Å². The van der Waals surface area contributed by atoms with Crippen molar-refractivity contribution < 1.29 is 19.1 Å².